The Bertz CT molecular complexity index is 846. The number of hydrogen-bond acceptors (Lipinski definition) is 4. The number of hydrogen-bond donors (Lipinski definition) is 1. The average Bonchev–Trinajstić information content (AvgIpc) is 2.76. The third-order valence-corrected chi connectivity index (χ3v) is 5.49. The number of methoxy groups -OCH3 is 1. The summed E-state index contributed by atoms with van der Waals surface area (Å²) in [6.07, 6.45) is 3.32. The molecule has 0 radical (unpaired) electrons. The van der Waals surface area contributed by atoms with Crippen LogP contribution < -0.4 is 10.1 Å². The molecule has 1 amide bonds. The predicted molar refractivity (Wildman–Crippen MR) is 116 cm³/mol. The van der Waals surface area contributed by atoms with Gasteiger partial charge >= 0.3 is 0 Å². The number of rotatable bonds is 7. The minimum atomic E-state index is -0.131. The summed E-state index contributed by atoms with van der Waals surface area (Å²) in [4.78, 5) is 14.7. The third kappa shape index (κ3) is 6.07. The fraction of sp³-hybridized carbons (Fsp3) is 0.348. The second-order valence-corrected chi connectivity index (χ2v) is 7.43. The number of morpholine rings is 1. The minimum Gasteiger partial charge on any atom is -0.497 e. The van der Waals surface area contributed by atoms with Crippen LogP contribution in [-0.4, -0.2) is 50.8 Å². The van der Waals surface area contributed by atoms with Crippen LogP contribution >= 0.6 is 11.6 Å². The Morgan fingerprint density at radius 2 is 1.97 bits per heavy atom. The largest absolute Gasteiger partial charge is 0.497 e. The molecule has 0 aliphatic carbocycles. The lowest BCUT2D eigenvalue weighted by Gasteiger charge is -2.34. The van der Waals surface area contributed by atoms with Crippen molar-refractivity contribution in [2.45, 2.75) is 13.0 Å². The number of benzene rings is 2. The van der Waals surface area contributed by atoms with E-state index < -0.39 is 0 Å². The molecule has 1 heterocycles. The fourth-order valence-corrected chi connectivity index (χ4v) is 3.50. The van der Waals surface area contributed by atoms with Crippen LogP contribution in [0.15, 0.2) is 48.5 Å². The lowest BCUT2D eigenvalue weighted by atomic mass is 10.0. The Labute approximate surface area is 177 Å². The van der Waals surface area contributed by atoms with E-state index in [1.807, 2.05) is 37.3 Å². The predicted octanol–water partition coefficient (Wildman–Crippen LogP) is 3.86. The van der Waals surface area contributed by atoms with Gasteiger partial charge in [-0.1, -0.05) is 35.9 Å². The highest BCUT2D eigenvalue weighted by Gasteiger charge is 2.23. The van der Waals surface area contributed by atoms with Gasteiger partial charge in [-0.25, -0.2) is 0 Å². The van der Waals surface area contributed by atoms with Gasteiger partial charge in [0.1, 0.15) is 5.75 Å². The summed E-state index contributed by atoms with van der Waals surface area (Å²) in [6, 6.07) is 13.8. The van der Waals surface area contributed by atoms with Gasteiger partial charge < -0.3 is 14.8 Å². The van der Waals surface area contributed by atoms with E-state index in [0.717, 1.165) is 35.5 Å². The van der Waals surface area contributed by atoms with E-state index in [9.17, 15) is 4.79 Å². The molecule has 1 atom stereocenters. The Morgan fingerprint density at radius 3 is 2.62 bits per heavy atom. The maximum Gasteiger partial charge on any atom is 0.244 e. The Balaban J connectivity index is 1.65. The molecule has 0 spiro atoms. The van der Waals surface area contributed by atoms with E-state index in [1.54, 1.807) is 19.3 Å². The summed E-state index contributed by atoms with van der Waals surface area (Å²) in [7, 11) is 1.66. The van der Waals surface area contributed by atoms with Gasteiger partial charge in [0.05, 0.1) is 26.4 Å². The average molecular weight is 415 g/mol. The Kier molecular flexibility index (Phi) is 7.69. The van der Waals surface area contributed by atoms with E-state index in [-0.39, 0.29) is 11.9 Å². The van der Waals surface area contributed by atoms with E-state index in [0.29, 0.717) is 24.8 Å². The van der Waals surface area contributed by atoms with Crippen LogP contribution in [-0.2, 0) is 9.53 Å². The summed E-state index contributed by atoms with van der Waals surface area (Å²) in [5.41, 5.74) is 3.05. The molecule has 0 aromatic heterocycles. The Morgan fingerprint density at radius 1 is 1.24 bits per heavy atom. The first-order chi connectivity index (χ1) is 14.1. The van der Waals surface area contributed by atoms with Crippen molar-refractivity contribution in [2.24, 2.45) is 0 Å². The van der Waals surface area contributed by atoms with E-state index >= 15 is 0 Å². The molecule has 1 saturated heterocycles. The molecule has 0 bridgehead atoms. The van der Waals surface area contributed by atoms with Crippen molar-refractivity contribution in [1.29, 1.82) is 0 Å². The van der Waals surface area contributed by atoms with Crippen molar-refractivity contribution in [1.82, 2.24) is 10.2 Å². The van der Waals surface area contributed by atoms with E-state index in [1.165, 1.54) is 0 Å². The van der Waals surface area contributed by atoms with Gasteiger partial charge in [0.2, 0.25) is 5.91 Å². The monoisotopic (exact) mass is 414 g/mol. The van der Waals surface area contributed by atoms with Crippen LogP contribution in [0.2, 0.25) is 5.02 Å². The molecular weight excluding hydrogens is 388 g/mol. The van der Waals surface area contributed by atoms with Crippen molar-refractivity contribution in [2.75, 3.05) is 40.0 Å². The maximum atomic E-state index is 12.4. The first-order valence-electron chi connectivity index (χ1n) is 9.74. The molecule has 3 rings (SSSR count). The smallest absolute Gasteiger partial charge is 0.244 e. The molecular formula is C23H27ClN2O3. The zero-order chi connectivity index (χ0) is 20.6. The SMILES string of the molecule is COc1ccc(C(CNC(=O)/C=C/c2ccc(C)c(Cl)c2)N2CCOCC2)cc1. The van der Waals surface area contributed by atoms with Crippen LogP contribution in [0.4, 0.5) is 0 Å². The summed E-state index contributed by atoms with van der Waals surface area (Å²) in [6.45, 7) is 5.55. The van der Waals surface area contributed by atoms with E-state index in [4.69, 9.17) is 21.1 Å². The molecule has 1 aliphatic heterocycles. The van der Waals surface area contributed by atoms with Gasteiger partial charge in [0.25, 0.3) is 0 Å². The topological polar surface area (TPSA) is 50.8 Å². The van der Waals surface area contributed by atoms with Crippen molar-refractivity contribution in [3.05, 3.63) is 70.3 Å². The number of aryl methyl sites for hydroxylation is 1. The number of nitrogens with one attached hydrogen (secondary N) is 1. The first-order valence-corrected chi connectivity index (χ1v) is 10.1. The summed E-state index contributed by atoms with van der Waals surface area (Å²) in [5.74, 6) is 0.687. The summed E-state index contributed by atoms with van der Waals surface area (Å²) >= 11 is 6.15. The number of carbonyl (C=O) groups excluding carboxylic acids is 1. The van der Waals surface area contributed by atoms with Crippen LogP contribution in [0.1, 0.15) is 22.7 Å². The molecule has 154 valence electrons. The van der Waals surface area contributed by atoms with Gasteiger partial charge in [-0.05, 0) is 47.9 Å². The highest BCUT2D eigenvalue weighted by Crippen LogP contribution is 2.24. The molecule has 2 aromatic rings. The fourth-order valence-electron chi connectivity index (χ4n) is 3.31. The molecule has 5 nitrogen and oxygen atoms in total. The van der Waals surface area contributed by atoms with Crippen molar-refractivity contribution in [3.8, 4) is 5.75 Å². The second kappa shape index (κ2) is 10.4. The number of halogens is 1. The zero-order valence-electron chi connectivity index (χ0n) is 16.9. The zero-order valence-corrected chi connectivity index (χ0v) is 17.6. The molecule has 1 N–H and O–H groups in total. The third-order valence-electron chi connectivity index (χ3n) is 5.08. The highest BCUT2D eigenvalue weighted by atomic mass is 35.5. The number of nitrogens with zero attached hydrogens (tertiary/aromatic N) is 1. The molecule has 1 unspecified atom stereocenters. The molecule has 6 heteroatoms. The van der Waals surface area contributed by atoms with Gasteiger partial charge in [-0.15, -0.1) is 0 Å². The highest BCUT2D eigenvalue weighted by molar-refractivity contribution is 6.31. The number of carbonyl (C=O) groups is 1. The van der Waals surface area contributed by atoms with Crippen molar-refractivity contribution >= 4 is 23.6 Å². The standard InChI is InChI=1S/C23H27ClN2O3/c1-17-3-4-18(15-21(17)24)5-10-23(27)25-16-22(26-11-13-29-14-12-26)19-6-8-20(28-2)9-7-19/h3-10,15,22H,11-14,16H2,1-2H3,(H,25,27)/b10-5+. The second-order valence-electron chi connectivity index (χ2n) is 7.02. The number of amides is 1. The molecule has 2 aromatic carbocycles. The van der Waals surface area contributed by atoms with Crippen LogP contribution in [0, 0.1) is 6.92 Å². The summed E-state index contributed by atoms with van der Waals surface area (Å²) in [5, 5.41) is 3.72. The summed E-state index contributed by atoms with van der Waals surface area (Å²) < 4.78 is 10.7. The van der Waals surface area contributed by atoms with Crippen molar-refractivity contribution in [3.63, 3.8) is 0 Å². The lowest BCUT2D eigenvalue weighted by Crippen LogP contribution is -2.43. The van der Waals surface area contributed by atoms with Crippen LogP contribution in [0.25, 0.3) is 6.08 Å². The molecule has 1 aliphatic rings. The Hall–Kier alpha value is -2.34. The quantitative estimate of drug-likeness (QED) is 0.699. The number of ether oxygens (including phenoxy) is 2. The normalized spacial score (nSPS) is 16.0. The molecule has 29 heavy (non-hydrogen) atoms. The van der Waals surface area contributed by atoms with Gasteiger partial charge in [-0.2, -0.15) is 0 Å². The van der Waals surface area contributed by atoms with Crippen LogP contribution in [0.5, 0.6) is 5.75 Å². The van der Waals surface area contributed by atoms with Crippen LogP contribution in [0.3, 0.4) is 0 Å². The lowest BCUT2D eigenvalue weighted by molar-refractivity contribution is -0.116. The van der Waals surface area contributed by atoms with Gasteiger partial charge in [0, 0.05) is 30.7 Å². The first kappa shape index (κ1) is 21.4. The van der Waals surface area contributed by atoms with Gasteiger partial charge in [0.15, 0.2) is 0 Å². The van der Waals surface area contributed by atoms with Gasteiger partial charge in [-0.3, -0.25) is 9.69 Å². The van der Waals surface area contributed by atoms with Crippen molar-refractivity contribution < 1.29 is 14.3 Å². The minimum absolute atomic E-state index is 0.0796. The van der Waals surface area contributed by atoms with E-state index in [2.05, 4.69) is 22.3 Å². The molecule has 0 saturated carbocycles. The molecule has 1 fully saturated rings. The maximum absolute atomic E-state index is 12.4.